The summed E-state index contributed by atoms with van der Waals surface area (Å²) in [5.41, 5.74) is 2.22. The SMILES string of the molecule is CCN(CC)CCCC(=O)O[C@H]1CC[C@@]2(C)C(=CC[C@H]3[C@@H]4C[C@@H]5O[C@@]6(CC[C@H](C)CO6)[C@@H](C)[C@@H]5[C@@]4(C)CC[C@@H]32)C1. The Bertz CT molecular complexity index is 966. The van der Waals surface area contributed by atoms with Crippen molar-refractivity contribution in [1.29, 1.82) is 0 Å². The highest BCUT2D eigenvalue weighted by atomic mass is 16.7. The number of nitrogens with zero attached hydrogens (tertiary/aromatic N) is 1. The fourth-order valence-corrected chi connectivity index (χ4v) is 11.0. The molecule has 0 aromatic heterocycles. The van der Waals surface area contributed by atoms with Crippen molar-refractivity contribution in [3.05, 3.63) is 11.6 Å². The first-order valence-electron chi connectivity index (χ1n) is 17.1. The summed E-state index contributed by atoms with van der Waals surface area (Å²) in [6.45, 7) is 18.2. The Balaban J connectivity index is 1.10. The molecule has 2 saturated heterocycles. The Morgan fingerprint density at radius 1 is 1.07 bits per heavy atom. The van der Waals surface area contributed by atoms with Crippen LogP contribution < -0.4 is 0 Å². The summed E-state index contributed by atoms with van der Waals surface area (Å²) in [6, 6.07) is 0. The van der Waals surface area contributed by atoms with Crippen LogP contribution in [0.25, 0.3) is 0 Å². The summed E-state index contributed by atoms with van der Waals surface area (Å²) in [7, 11) is 0. The number of rotatable bonds is 7. The van der Waals surface area contributed by atoms with Gasteiger partial charge in [-0.05, 0) is 111 Å². The first-order chi connectivity index (χ1) is 19.1. The van der Waals surface area contributed by atoms with Gasteiger partial charge >= 0.3 is 5.97 Å². The molecule has 0 N–H and O–H groups in total. The number of esters is 1. The lowest BCUT2D eigenvalue weighted by Gasteiger charge is -2.58. The minimum absolute atomic E-state index is 0.00395. The molecule has 0 aromatic rings. The molecule has 5 nitrogen and oxygen atoms in total. The van der Waals surface area contributed by atoms with E-state index in [9.17, 15) is 4.79 Å². The van der Waals surface area contributed by atoms with E-state index in [0.717, 1.165) is 76.1 Å². The van der Waals surface area contributed by atoms with Gasteiger partial charge in [-0.15, -0.1) is 0 Å². The summed E-state index contributed by atoms with van der Waals surface area (Å²) in [6.07, 6.45) is 15.0. The van der Waals surface area contributed by atoms with E-state index in [-0.39, 0.29) is 23.3 Å². The Labute approximate surface area is 244 Å². The highest BCUT2D eigenvalue weighted by Crippen LogP contribution is 2.70. The van der Waals surface area contributed by atoms with Gasteiger partial charge in [0.05, 0.1) is 12.7 Å². The molecule has 6 rings (SSSR count). The zero-order valence-corrected chi connectivity index (χ0v) is 26.4. The largest absolute Gasteiger partial charge is 0.462 e. The maximum atomic E-state index is 12.7. The molecule has 0 amide bonds. The second-order valence-electron chi connectivity index (χ2n) is 15.3. The van der Waals surface area contributed by atoms with Crippen LogP contribution >= 0.6 is 0 Å². The maximum absolute atomic E-state index is 12.7. The van der Waals surface area contributed by atoms with Crippen LogP contribution in [0, 0.1) is 46.3 Å². The predicted molar refractivity (Wildman–Crippen MR) is 159 cm³/mol. The van der Waals surface area contributed by atoms with Gasteiger partial charge in [0, 0.05) is 25.2 Å². The van der Waals surface area contributed by atoms with Gasteiger partial charge in [0.15, 0.2) is 5.79 Å². The standard InChI is InChI=1S/C35H57NO4/c1-7-36(8-2)19-9-10-31(37)39-26-14-16-33(5)25(20-26)11-12-27-28(33)15-17-34(6)29(27)21-30-32(34)24(4)35(40-30)18-13-23(3)22-38-35/h11,23-24,26-30,32H,7-10,12-22H2,1-6H3/t23-,24-,26-,27+,28-,29-,30-,32-,33-,34-,35-/m0/s1. The van der Waals surface area contributed by atoms with Crippen molar-refractivity contribution in [2.24, 2.45) is 46.3 Å². The lowest BCUT2D eigenvalue weighted by atomic mass is 9.47. The van der Waals surface area contributed by atoms with Gasteiger partial charge in [0.25, 0.3) is 0 Å². The molecule has 4 aliphatic carbocycles. The van der Waals surface area contributed by atoms with Crippen LogP contribution in [0.3, 0.4) is 0 Å². The van der Waals surface area contributed by atoms with Crippen molar-refractivity contribution in [3.8, 4) is 0 Å². The molecule has 0 unspecified atom stereocenters. The minimum atomic E-state index is -0.320. The first kappa shape index (κ1) is 29.2. The van der Waals surface area contributed by atoms with Crippen molar-refractivity contribution in [1.82, 2.24) is 4.90 Å². The van der Waals surface area contributed by atoms with E-state index in [1.165, 1.54) is 32.1 Å². The van der Waals surface area contributed by atoms with E-state index >= 15 is 0 Å². The average molecular weight is 556 g/mol. The maximum Gasteiger partial charge on any atom is 0.306 e. The van der Waals surface area contributed by atoms with Crippen LogP contribution in [-0.2, 0) is 19.0 Å². The summed E-state index contributed by atoms with van der Waals surface area (Å²) < 4.78 is 19.5. The minimum Gasteiger partial charge on any atom is -0.462 e. The van der Waals surface area contributed by atoms with Gasteiger partial charge in [0.2, 0.25) is 0 Å². The third kappa shape index (κ3) is 4.73. The van der Waals surface area contributed by atoms with E-state index in [4.69, 9.17) is 14.2 Å². The Morgan fingerprint density at radius 2 is 1.88 bits per heavy atom. The predicted octanol–water partition coefficient (Wildman–Crippen LogP) is 7.39. The number of fused-ring (bicyclic) bond motifs is 7. The number of hydrogen-bond acceptors (Lipinski definition) is 5. The van der Waals surface area contributed by atoms with Gasteiger partial charge in [0.1, 0.15) is 6.10 Å². The van der Waals surface area contributed by atoms with Crippen LogP contribution in [0.2, 0.25) is 0 Å². The van der Waals surface area contributed by atoms with Crippen LogP contribution in [-0.4, -0.2) is 55.1 Å². The molecule has 5 heteroatoms. The Kier molecular flexibility index (Phi) is 8.01. The molecular weight excluding hydrogens is 498 g/mol. The topological polar surface area (TPSA) is 48.0 Å². The van der Waals surface area contributed by atoms with Crippen molar-refractivity contribution in [3.63, 3.8) is 0 Å². The quantitative estimate of drug-likeness (QED) is 0.242. The zero-order valence-electron chi connectivity index (χ0n) is 26.4. The smallest absolute Gasteiger partial charge is 0.306 e. The molecule has 5 fully saturated rings. The molecular formula is C35H57NO4. The van der Waals surface area contributed by atoms with E-state index in [1.54, 1.807) is 5.57 Å². The lowest BCUT2D eigenvalue weighted by Crippen LogP contribution is -2.52. The molecule has 0 aromatic carbocycles. The van der Waals surface area contributed by atoms with Gasteiger partial charge < -0.3 is 19.1 Å². The van der Waals surface area contributed by atoms with E-state index in [0.29, 0.717) is 35.7 Å². The molecule has 0 bridgehead atoms. The van der Waals surface area contributed by atoms with Crippen molar-refractivity contribution in [2.75, 3.05) is 26.2 Å². The molecule has 226 valence electrons. The third-order valence-electron chi connectivity index (χ3n) is 13.4. The van der Waals surface area contributed by atoms with E-state index in [2.05, 4.69) is 52.5 Å². The third-order valence-corrected chi connectivity index (χ3v) is 13.4. The van der Waals surface area contributed by atoms with Crippen molar-refractivity contribution >= 4 is 5.97 Å². The number of ether oxygens (including phenoxy) is 3. The summed E-state index contributed by atoms with van der Waals surface area (Å²) in [5.74, 6) is 3.72. The summed E-state index contributed by atoms with van der Waals surface area (Å²) in [5, 5.41) is 0. The van der Waals surface area contributed by atoms with Crippen LogP contribution in [0.4, 0.5) is 0 Å². The Morgan fingerprint density at radius 3 is 2.60 bits per heavy atom. The fraction of sp³-hybridized carbons (Fsp3) is 0.914. The van der Waals surface area contributed by atoms with Gasteiger partial charge in [-0.25, -0.2) is 0 Å². The second-order valence-corrected chi connectivity index (χ2v) is 15.3. The fourth-order valence-electron chi connectivity index (χ4n) is 11.0. The number of hydrogen-bond donors (Lipinski definition) is 0. The van der Waals surface area contributed by atoms with E-state index < -0.39 is 0 Å². The second kappa shape index (κ2) is 11.0. The summed E-state index contributed by atoms with van der Waals surface area (Å²) >= 11 is 0. The lowest BCUT2D eigenvalue weighted by molar-refractivity contribution is -0.272. The molecule has 2 aliphatic heterocycles. The van der Waals surface area contributed by atoms with Crippen molar-refractivity contribution < 1.29 is 19.0 Å². The molecule has 1 spiro atoms. The molecule has 0 radical (unpaired) electrons. The highest BCUT2D eigenvalue weighted by Gasteiger charge is 2.68. The number of carbonyl (C=O) groups is 1. The van der Waals surface area contributed by atoms with Crippen LogP contribution in [0.1, 0.15) is 112 Å². The zero-order chi connectivity index (χ0) is 28.3. The van der Waals surface area contributed by atoms with Gasteiger partial charge in [-0.3, -0.25) is 4.79 Å². The Hall–Kier alpha value is -0.910. The van der Waals surface area contributed by atoms with Crippen molar-refractivity contribution in [2.45, 2.75) is 130 Å². The van der Waals surface area contributed by atoms with Gasteiger partial charge in [-0.1, -0.05) is 53.2 Å². The monoisotopic (exact) mass is 555 g/mol. The average Bonchev–Trinajstić information content (AvgIpc) is 3.38. The van der Waals surface area contributed by atoms with Crippen LogP contribution in [0.15, 0.2) is 11.6 Å². The number of allylic oxidation sites excluding steroid dienone is 1. The van der Waals surface area contributed by atoms with E-state index in [1.807, 2.05) is 0 Å². The first-order valence-corrected chi connectivity index (χ1v) is 17.1. The normalized spacial score (nSPS) is 47.8. The molecule has 3 saturated carbocycles. The van der Waals surface area contributed by atoms with Crippen LogP contribution in [0.5, 0.6) is 0 Å². The molecule has 2 heterocycles. The molecule has 11 atom stereocenters. The molecule has 40 heavy (non-hydrogen) atoms. The summed E-state index contributed by atoms with van der Waals surface area (Å²) in [4.78, 5) is 15.0. The molecule has 6 aliphatic rings. The highest BCUT2D eigenvalue weighted by molar-refractivity contribution is 5.69. The number of carbonyl (C=O) groups excluding carboxylic acids is 1. The van der Waals surface area contributed by atoms with Gasteiger partial charge in [-0.2, -0.15) is 0 Å².